The van der Waals surface area contributed by atoms with Crippen molar-refractivity contribution in [3.05, 3.63) is 35.9 Å². The second-order valence-electron chi connectivity index (χ2n) is 4.58. The monoisotopic (exact) mass is 277 g/mol. The van der Waals surface area contributed by atoms with Crippen molar-refractivity contribution in [3.63, 3.8) is 0 Å². The van der Waals surface area contributed by atoms with Gasteiger partial charge in [-0.1, -0.05) is 18.2 Å². The number of para-hydroxylation sites is 1. The van der Waals surface area contributed by atoms with E-state index in [1.54, 1.807) is 6.08 Å². The van der Waals surface area contributed by atoms with Crippen LogP contribution in [0.1, 0.15) is 32.3 Å². The van der Waals surface area contributed by atoms with Crippen molar-refractivity contribution in [2.24, 2.45) is 0 Å². The molecule has 0 spiro atoms. The predicted octanol–water partition coefficient (Wildman–Crippen LogP) is 2.38. The van der Waals surface area contributed by atoms with Crippen molar-refractivity contribution in [2.75, 3.05) is 13.2 Å². The molecule has 1 amide bonds. The lowest BCUT2D eigenvalue weighted by molar-refractivity contribution is -0.117. The lowest BCUT2D eigenvalue weighted by atomic mass is 10.1. The maximum Gasteiger partial charge on any atom is 0.244 e. The van der Waals surface area contributed by atoms with E-state index in [4.69, 9.17) is 9.84 Å². The molecule has 0 heterocycles. The minimum atomic E-state index is -0.137. The number of nitrogens with one attached hydrogen (secondary N) is 1. The van der Waals surface area contributed by atoms with Gasteiger partial charge < -0.3 is 15.2 Å². The summed E-state index contributed by atoms with van der Waals surface area (Å²) in [4.78, 5) is 11.8. The second kappa shape index (κ2) is 9.15. The summed E-state index contributed by atoms with van der Waals surface area (Å²) < 4.78 is 5.49. The first kappa shape index (κ1) is 16.2. The zero-order chi connectivity index (χ0) is 14.8. The highest BCUT2D eigenvalue weighted by Gasteiger charge is 2.04. The fourth-order valence-corrected chi connectivity index (χ4v) is 1.83. The molecule has 0 fully saturated rings. The van der Waals surface area contributed by atoms with Gasteiger partial charge in [-0.25, -0.2) is 0 Å². The number of ether oxygens (including phenoxy) is 1. The molecule has 2 N–H and O–H groups in total. The fraction of sp³-hybridized carbons (Fsp3) is 0.438. The van der Waals surface area contributed by atoms with E-state index in [1.165, 1.54) is 6.08 Å². The zero-order valence-corrected chi connectivity index (χ0v) is 12.1. The first-order chi connectivity index (χ1) is 9.67. The molecule has 0 aliphatic rings. The summed E-state index contributed by atoms with van der Waals surface area (Å²) in [5.41, 5.74) is 0.882. The Morgan fingerprint density at radius 2 is 2.20 bits per heavy atom. The van der Waals surface area contributed by atoms with Crippen LogP contribution in [0.2, 0.25) is 0 Å². The van der Waals surface area contributed by atoms with Crippen LogP contribution in [0.25, 0.3) is 6.08 Å². The van der Waals surface area contributed by atoms with E-state index in [0.717, 1.165) is 17.7 Å². The number of carbonyl (C=O) groups excluding carboxylic acids is 1. The molecule has 110 valence electrons. The van der Waals surface area contributed by atoms with Crippen LogP contribution < -0.4 is 10.1 Å². The standard InChI is InChI=1S/C16H23NO3/c1-3-20-15-9-5-4-8-14(15)10-11-16(19)17-13(2)7-6-12-18/h4-5,8-11,13,18H,3,6-7,12H2,1-2H3,(H,17,19)/b11-10+. The molecule has 1 aromatic carbocycles. The zero-order valence-electron chi connectivity index (χ0n) is 12.1. The van der Waals surface area contributed by atoms with Gasteiger partial charge in [0.1, 0.15) is 5.75 Å². The van der Waals surface area contributed by atoms with E-state index in [1.807, 2.05) is 38.1 Å². The Labute approximate surface area is 120 Å². The van der Waals surface area contributed by atoms with Crippen molar-refractivity contribution < 1.29 is 14.6 Å². The van der Waals surface area contributed by atoms with Crippen molar-refractivity contribution in [3.8, 4) is 5.75 Å². The fourth-order valence-electron chi connectivity index (χ4n) is 1.83. The van der Waals surface area contributed by atoms with Gasteiger partial charge in [-0.05, 0) is 38.8 Å². The van der Waals surface area contributed by atoms with Gasteiger partial charge in [-0.3, -0.25) is 4.79 Å². The molecule has 4 heteroatoms. The number of rotatable bonds is 8. The van der Waals surface area contributed by atoms with Crippen LogP contribution in [0, 0.1) is 0 Å². The molecule has 20 heavy (non-hydrogen) atoms. The highest BCUT2D eigenvalue weighted by molar-refractivity contribution is 5.92. The van der Waals surface area contributed by atoms with E-state index in [-0.39, 0.29) is 18.6 Å². The molecule has 0 aromatic heterocycles. The van der Waals surface area contributed by atoms with Gasteiger partial charge in [-0.2, -0.15) is 0 Å². The number of carbonyl (C=O) groups is 1. The van der Waals surface area contributed by atoms with Crippen LogP contribution in [-0.2, 0) is 4.79 Å². The normalized spacial score (nSPS) is 12.3. The molecule has 0 aliphatic carbocycles. The largest absolute Gasteiger partial charge is 0.493 e. The number of aliphatic hydroxyl groups excluding tert-OH is 1. The Bertz CT molecular complexity index is 443. The van der Waals surface area contributed by atoms with Gasteiger partial charge in [0.05, 0.1) is 6.61 Å². The SMILES string of the molecule is CCOc1ccccc1/C=C/C(=O)NC(C)CCCO. The molecular formula is C16H23NO3. The van der Waals surface area contributed by atoms with Crippen molar-refractivity contribution in [2.45, 2.75) is 32.7 Å². The smallest absolute Gasteiger partial charge is 0.244 e. The molecule has 0 saturated carbocycles. The number of hydrogen-bond donors (Lipinski definition) is 2. The van der Waals surface area contributed by atoms with Crippen molar-refractivity contribution in [1.82, 2.24) is 5.32 Å². The summed E-state index contributed by atoms with van der Waals surface area (Å²) in [6.07, 6.45) is 4.72. The minimum absolute atomic E-state index is 0.0569. The first-order valence-corrected chi connectivity index (χ1v) is 6.98. The third kappa shape index (κ3) is 5.89. The average Bonchev–Trinajstić information content (AvgIpc) is 2.44. The summed E-state index contributed by atoms with van der Waals surface area (Å²) in [7, 11) is 0. The van der Waals surface area contributed by atoms with Crippen LogP contribution in [0.4, 0.5) is 0 Å². The highest BCUT2D eigenvalue weighted by Crippen LogP contribution is 2.19. The molecule has 1 unspecified atom stereocenters. The number of aliphatic hydroxyl groups is 1. The Kier molecular flexibility index (Phi) is 7.43. The van der Waals surface area contributed by atoms with Gasteiger partial charge in [0.15, 0.2) is 0 Å². The molecule has 1 aromatic rings. The Balaban J connectivity index is 2.56. The topological polar surface area (TPSA) is 58.6 Å². The molecule has 1 atom stereocenters. The van der Waals surface area contributed by atoms with Gasteiger partial charge in [0, 0.05) is 24.3 Å². The van der Waals surface area contributed by atoms with Crippen LogP contribution >= 0.6 is 0 Å². The summed E-state index contributed by atoms with van der Waals surface area (Å²) in [5, 5.41) is 11.6. The molecule has 0 aliphatic heterocycles. The maximum atomic E-state index is 11.8. The van der Waals surface area contributed by atoms with Gasteiger partial charge >= 0.3 is 0 Å². The van der Waals surface area contributed by atoms with Crippen LogP contribution in [0.3, 0.4) is 0 Å². The van der Waals surface area contributed by atoms with Crippen LogP contribution in [0.15, 0.2) is 30.3 Å². The van der Waals surface area contributed by atoms with E-state index in [0.29, 0.717) is 13.0 Å². The van der Waals surface area contributed by atoms with Gasteiger partial charge in [0.2, 0.25) is 5.91 Å². The average molecular weight is 277 g/mol. The second-order valence-corrected chi connectivity index (χ2v) is 4.58. The highest BCUT2D eigenvalue weighted by atomic mass is 16.5. The maximum absolute atomic E-state index is 11.8. The number of hydrogen-bond acceptors (Lipinski definition) is 3. The third-order valence-electron chi connectivity index (χ3n) is 2.82. The molecular weight excluding hydrogens is 254 g/mol. The predicted molar refractivity (Wildman–Crippen MR) is 80.6 cm³/mol. The quantitative estimate of drug-likeness (QED) is 0.717. The van der Waals surface area contributed by atoms with E-state index in [9.17, 15) is 4.79 Å². The summed E-state index contributed by atoms with van der Waals surface area (Å²) in [6, 6.07) is 7.65. The number of amides is 1. The first-order valence-electron chi connectivity index (χ1n) is 6.98. The van der Waals surface area contributed by atoms with Gasteiger partial charge in [0.25, 0.3) is 0 Å². The summed E-state index contributed by atoms with van der Waals surface area (Å²) in [6.45, 7) is 4.60. The Morgan fingerprint density at radius 3 is 2.90 bits per heavy atom. The lowest BCUT2D eigenvalue weighted by Gasteiger charge is -2.11. The van der Waals surface area contributed by atoms with Crippen molar-refractivity contribution in [1.29, 1.82) is 0 Å². The molecule has 1 rings (SSSR count). The Morgan fingerprint density at radius 1 is 1.45 bits per heavy atom. The summed E-state index contributed by atoms with van der Waals surface area (Å²) >= 11 is 0. The molecule has 0 bridgehead atoms. The Hall–Kier alpha value is -1.81. The van der Waals surface area contributed by atoms with E-state index < -0.39 is 0 Å². The molecule has 0 saturated heterocycles. The number of benzene rings is 1. The van der Waals surface area contributed by atoms with Gasteiger partial charge in [-0.15, -0.1) is 0 Å². The van der Waals surface area contributed by atoms with E-state index >= 15 is 0 Å². The van der Waals surface area contributed by atoms with E-state index in [2.05, 4.69) is 5.32 Å². The minimum Gasteiger partial charge on any atom is -0.493 e. The van der Waals surface area contributed by atoms with Crippen molar-refractivity contribution >= 4 is 12.0 Å². The third-order valence-corrected chi connectivity index (χ3v) is 2.82. The van der Waals surface area contributed by atoms with Crippen LogP contribution in [0.5, 0.6) is 5.75 Å². The summed E-state index contributed by atoms with van der Waals surface area (Å²) in [5.74, 6) is 0.633. The molecule has 4 nitrogen and oxygen atoms in total. The molecule has 0 radical (unpaired) electrons. The van der Waals surface area contributed by atoms with Crippen LogP contribution in [-0.4, -0.2) is 30.3 Å². The lowest BCUT2D eigenvalue weighted by Crippen LogP contribution is -2.31.